The molecule has 0 amide bonds. The number of rotatable bonds is 5. The maximum Gasteiger partial charge on any atom is 0.406 e. The molecule has 0 aromatic heterocycles. The minimum Gasteiger partial charge on any atom is -0.458 e. The Balaban J connectivity index is 1.32. The van der Waals surface area contributed by atoms with Crippen LogP contribution in [0.3, 0.4) is 0 Å². The molecule has 10 unspecified atom stereocenters. The van der Waals surface area contributed by atoms with Crippen LogP contribution in [0.15, 0.2) is 12.2 Å². The maximum absolute atomic E-state index is 14.1. The lowest BCUT2D eigenvalue weighted by atomic mass is 9.78. The van der Waals surface area contributed by atoms with Crippen LogP contribution in [0.1, 0.15) is 19.3 Å². The number of carbonyl (C=O) groups excluding carboxylic acids is 3. The van der Waals surface area contributed by atoms with Crippen molar-refractivity contribution in [2.24, 2.45) is 47.3 Å². The average Bonchev–Trinajstić information content (AvgIpc) is 3.47. The molecule has 13 heteroatoms. The molecule has 4 bridgehead atoms. The van der Waals surface area contributed by atoms with Gasteiger partial charge in [-0.25, -0.2) is 4.39 Å². The summed E-state index contributed by atoms with van der Waals surface area (Å²) in [7, 11) is 0. The van der Waals surface area contributed by atoms with Gasteiger partial charge in [-0.05, 0) is 31.1 Å². The van der Waals surface area contributed by atoms with Crippen LogP contribution in [-0.4, -0.2) is 48.8 Å². The first-order valence-electron chi connectivity index (χ1n) is 10.8. The second kappa shape index (κ2) is 7.58. The monoisotopic (exact) mass is 500 g/mol. The summed E-state index contributed by atoms with van der Waals surface area (Å²) in [5, 5.41) is 0. The summed E-state index contributed by atoms with van der Waals surface area (Å²) in [6.07, 6.45) is -12.8. The lowest BCUT2D eigenvalue weighted by Gasteiger charge is -2.32. The smallest absolute Gasteiger partial charge is 0.406 e. The van der Waals surface area contributed by atoms with Crippen molar-refractivity contribution in [2.45, 2.75) is 50.2 Å². The number of hydrogen-bond donors (Lipinski definition) is 0. The van der Waals surface area contributed by atoms with Gasteiger partial charge in [-0.3, -0.25) is 14.4 Å². The summed E-state index contributed by atoms with van der Waals surface area (Å²) in [6, 6.07) is 0. The third-order valence-corrected chi connectivity index (χ3v) is 7.85. The number of ether oxygens (including phenoxy) is 3. The predicted octanol–water partition coefficient (Wildman–Crippen LogP) is 3.50. The first-order chi connectivity index (χ1) is 15.8. The minimum absolute atomic E-state index is 0.00954. The fourth-order valence-electron chi connectivity index (χ4n) is 6.48. The van der Waals surface area contributed by atoms with Gasteiger partial charge >= 0.3 is 30.3 Å². The summed E-state index contributed by atoms with van der Waals surface area (Å²) in [5.74, 6) is -12.3. The molecule has 1 saturated heterocycles. The van der Waals surface area contributed by atoms with Gasteiger partial charge < -0.3 is 14.2 Å². The molecule has 3 saturated carbocycles. The molecule has 0 aromatic rings. The van der Waals surface area contributed by atoms with Gasteiger partial charge in [-0.1, -0.05) is 12.2 Å². The lowest BCUT2D eigenvalue weighted by molar-refractivity contribution is -0.323. The lowest BCUT2D eigenvalue weighted by Crippen LogP contribution is -2.48. The molecule has 0 aromatic carbocycles. The second-order valence-corrected chi connectivity index (χ2v) is 9.65. The molecule has 34 heavy (non-hydrogen) atoms. The van der Waals surface area contributed by atoms with E-state index in [4.69, 9.17) is 9.47 Å². The zero-order chi connectivity index (χ0) is 24.7. The van der Waals surface area contributed by atoms with Crippen molar-refractivity contribution in [3.63, 3.8) is 0 Å². The minimum atomic E-state index is -6.06. The van der Waals surface area contributed by atoms with Crippen molar-refractivity contribution in [1.82, 2.24) is 0 Å². The molecule has 5 aliphatic rings. The molecule has 1 aliphatic heterocycles. The fourth-order valence-corrected chi connectivity index (χ4v) is 6.48. The van der Waals surface area contributed by atoms with Gasteiger partial charge in [-0.15, -0.1) is 0 Å². The van der Waals surface area contributed by atoms with Crippen LogP contribution in [0.2, 0.25) is 0 Å². The molecular formula is C21H19F7O6. The molecule has 188 valence electrons. The van der Waals surface area contributed by atoms with Crippen molar-refractivity contribution in [3.8, 4) is 0 Å². The highest BCUT2D eigenvalue weighted by Gasteiger charge is 2.71. The zero-order valence-electron chi connectivity index (χ0n) is 17.2. The van der Waals surface area contributed by atoms with Gasteiger partial charge in [-0.2, -0.15) is 26.3 Å². The number of halogens is 7. The van der Waals surface area contributed by atoms with E-state index in [1.807, 2.05) is 12.2 Å². The highest BCUT2D eigenvalue weighted by atomic mass is 19.4. The molecule has 4 fully saturated rings. The number of alkyl halides is 7. The third-order valence-electron chi connectivity index (χ3n) is 7.85. The molecule has 10 atom stereocenters. The summed E-state index contributed by atoms with van der Waals surface area (Å²) in [5.41, 5.74) is 0. The highest BCUT2D eigenvalue weighted by molar-refractivity contribution is 5.86. The van der Waals surface area contributed by atoms with Crippen LogP contribution in [0.5, 0.6) is 0 Å². The van der Waals surface area contributed by atoms with E-state index in [0.717, 1.165) is 6.42 Å². The number of allylic oxidation sites excluding steroid dienone is 2. The van der Waals surface area contributed by atoms with Crippen LogP contribution in [0.25, 0.3) is 0 Å². The van der Waals surface area contributed by atoms with Crippen molar-refractivity contribution in [3.05, 3.63) is 12.2 Å². The Morgan fingerprint density at radius 1 is 0.971 bits per heavy atom. The van der Waals surface area contributed by atoms with Gasteiger partial charge in [0.2, 0.25) is 5.92 Å². The standard InChI is InChI=1S/C21H19F7O6/c22-16(15(20(23,24)25)21(26,27)28)34-19(31)12-10-5-9-11(12)18(30)33-14(9)13(10)32-17(29)8-4-6-1-2-7(8)3-6/h1-2,6-16H,3-5H2. The summed E-state index contributed by atoms with van der Waals surface area (Å²) in [4.78, 5) is 37.6. The number of carbonyl (C=O) groups is 3. The Kier molecular flexibility index (Phi) is 5.22. The van der Waals surface area contributed by atoms with Crippen molar-refractivity contribution in [2.75, 3.05) is 0 Å². The van der Waals surface area contributed by atoms with Crippen molar-refractivity contribution < 1.29 is 59.3 Å². The largest absolute Gasteiger partial charge is 0.458 e. The van der Waals surface area contributed by atoms with E-state index < -0.39 is 84.3 Å². The van der Waals surface area contributed by atoms with E-state index in [2.05, 4.69) is 4.74 Å². The highest BCUT2D eigenvalue weighted by Crippen LogP contribution is 2.59. The zero-order valence-corrected chi connectivity index (χ0v) is 17.2. The maximum atomic E-state index is 14.1. The third kappa shape index (κ3) is 3.57. The van der Waals surface area contributed by atoms with Crippen molar-refractivity contribution in [1.29, 1.82) is 0 Å². The molecule has 0 N–H and O–H groups in total. The van der Waals surface area contributed by atoms with E-state index in [0.29, 0.717) is 6.42 Å². The average molecular weight is 500 g/mol. The van der Waals surface area contributed by atoms with Crippen LogP contribution in [0, 0.1) is 47.3 Å². The Morgan fingerprint density at radius 3 is 2.21 bits per heavy atom. The Labute approximate surface area is 187 Å². The Morgan fingerprint density at radius 2 is 1.65 bits per heavy atom. The van der Waals surface area contributed by atoms with E-state index in [1.54, 1.807) is 0 Å². The van der Waals surface area contributed by atoms with Gasteiger partial charge in [0.1, 0.15) is 12.2 Å². The van der Waals surface area contributed by atoms with E-state index in [1.165, 1.54) is 0 Å². The molecule has 4 aliphatic carbocycles. The summed E-state index contributed by atoms with van der Waals surface area (Å²) < 4.78 is 106. The molecule has 1 heterocycles. The number of hydrogen-bond acceptors (Lipinski definition) is 6. The SMILES string of the molecule is O=C(OC1C2CC3C1OC(=O)C3C2C(=O)OC(F)C(C(F)(F)F)C(F)(F)F)C1CC2C=CC1C2. The van der Waals surface area contributed by atoms with Crippen molar-refractivity contribution >= 4 is 17.9 Å². The summed E-state index contributed by atoms with van der Waals surface area (Å²) >= 11 is 0. The molecular weight excluding hydrogens is 481 g/mol. The normalized spacial score (nSPS) is 40.7. The van der Waals surface area contributed by atoms with E-state index >= 15 is 0 Å². The van der Waals surface area contributed by atoms with E-state index in [-0.39, 0.29) is 18.3 Å². The van der Waals surface area contributed by atoms with Crippen LogP contribution in [-0.2, 0) is 28.6 Å². The van der Waals surface area contributed by atoms with Gasteiger partial charge in [0.25, 0.3) is 6.36 Å². The molecule has 6 nitrogen and oxygen atoms in total. The first kappa shape index (κ1) is 23.4. The quantitative estimate of drug-likeness (QED) is 0.249. The van der Waals surface area contributed by atoms with Crippen LogP contribution < -0.4 is 0 Å². The topological polar surface area (TPSA) is 78.9 Å². The van der Waals surface area contributed by atoms with Crippen LogP contribution in [0.4, 0.5) is 30.7 Å². The Hall–Kier alpha value is -2.34. The molecule has 0 spiro atoms. The molecule has 0 radical (unpaired) electrons. The predicted molar refractivity (Wildman–Crippen MR) is 93.8 cm³/mol. The summed E-state index contributed by atoms with van der Waals surface area (Å²) in [6.45, 7) is 0. The van der Waals surface area contributed by atoms with Crippen LogP contribution >= 0.6 is 0 Å². The molecule has 5 rings (SSSR count). The van der Waals surface area contributed by atoms with Gasteiger partial charge in [0.15, 0.2) is 0 Å². The first-order valence-corrected chi connectivity index (χ1v) is 10.8. The Bertz CT molecular complexity index is 916. The number of fused-ring (bicyclic) bond motifs is 3. The van der Waals surface area contributed by atoms with Gasteiger partial charge in [0, 0.05) is 11.8 Å². The van der Waals surface area contributed by atoms with E-state index in [9.17, 15) is 45.1 Å². The number of esters is 3. The second-order valence-electron chi connectivity index (χ2n) is 9.65. The van der Waals surface area contributed by atoms with Gasteiger partial charge in [0.05, 0.1) is 17.8 Å². The fraction of sp³-hybridized carbons (Fsp3) is 0.762.